The normalized spacial score (nSPS) is 11.0. The summed E-state index contributed by atoms with van der Waals surface area (Å²) in [4.78, 5) is 2.19. The van der Waals surface area contributed by atoms with Crippen LogP contribution in [0.1, 0.15) is 5.56 Å². The second kappa shape index (κ2) is 6.59. The van der Waals surface area contributed by atoms with Crippen LogP contribution in [-0.2, 0) is 6.42 Å². The number of alkyl halides is 1. The molecule has 0 aliphatic heterocycles. The van der Waals surface area contributed by atoms with Gasteiger partial charge in [-0.2, -0.15) is 0 Å². The maximum Gasteiger partial charge on any atom is 0.0595 e. The molecule has 0 fully saturated rings. The van der Waals surface area contributed by atoms with Gasteiger partial charge in [-0.25, -0.2) is 0 Å². The molecule has 1 aromatic carbocycles. The Kier molecular flexibility index (Phi) is 5.77. The van der Waals surface area contributed by atoms with Gasteiger partial charge >= 0.3 is 0 Å². The standard InChI is InChI=1S/C11H14Cl3N/c1-15(7-5-12)6-4-9-2-3-10(13)11(14)8-9/h2-3,8H,4-7H2,1H3. The maximum absolute atomic E-state index is 5.92. The molecule has 0 aromatic heterocycles. The van der Waals surface area contributed by atoms with E-state index in [1.165, 1.54) is 5.56 Å². The molecule has 0 radical (unpaired) electrons. The Balaban J connectivity index is 2.47. The van der Waals surface area contributed by atoms with Gasteiger partial charge in [0.15, 0.2) is 0 Å². The minimum Gasteiger partial charge on any atom is -0.305 e. The van der Waals surface area contributed by atoms with Gasteiger partial charge in [-0.3, -0.25) is 0 Å². The molecule has 4 heteroatoms. The molecule has 0 amide bonds. The smallest absolute Gasteiger partial charge is 0.0595 e. The van der Waals surface area contributed by atoms with Crippen molar-refractivity contribution in [1.82, 2.24) is 4.90 Å². The quantitative estimate of drug-likeness (QED) is 0.735. The summed E-state index contributed by atoms with van der Waals surface area (Å²) in [5.41, 5.74) is 1.20. The van der Waals surface area contributed by atoms with E-state index in [0.717, 1.165) is 19.5 Å². The molecule has 0 saturated heterocycles. The number of hydrogen-bond donors (Lipinski definition) is 0. The molecule has 15 heavy (non-hydrogen) atoms. The van der Waals surface area contributed by atoms with Crippen LogP contribution in [-0.4, -0.2) is 30.9 Å². The average Bonchev–Trinajstić information content (AvgIpc) is 2.20. The minimum absolute atomic E-state index is 0.606. The highest BCUT2D eigenvalue weighted by Crippen LogP contribution is 2.22. The van der Waals surface area contributed by atoms with Crippen LogP contribution in [0.15, 0.2) is 18.2 Å². The summed E-state index contributed by atoms with van der Waals surface area (Å²) >= 11 is 17.4. The summed E-state index contributed by atoms with van der Waals surface area (Å²) in [5, 5.41) is 1.23. The molecule has 0 heterocycles. The molecule has 1 nitrogen and oxygen atoms in total. The van der Waals surface area contributed by atoms with E-state index < -0.39 is 0 Å². The predicted octanol–water partition coefficient (Wildman–Crippen LogP) is 3.71. The zero-order valence-corrected chi connectivity index (χ0v) is 10.9. The van der Waals surface area contributed by atoms with Crippen LogP contribution in [0, 0.1) is 0 Å². The van der Waals surface area contributed by atoms with Crippen molar-refractivity contribution >= 4 is 34.8 Å². The lowest BCUT2D eigenvalue weighted by atomic mass is 10.1. The van der Waals surface area contributed by atoms with E-state index >= 15 is 0 Å². The number of likely N-dealkylation sites (N-methyl/N-ethyl adjacent to an activating group) is 1. The maximum atomic E-state index is 5.92. The first-order valence-corrected chi connectivity index (χ1v) is 6.11. The van der Waals surface area contributed by atoms with Crippen LogP contribution in [0.3, 0.4) is 0 Å². The van der Waals surface area contributed by atoms with Crippen molar-refractivity contribution in [3.8, 4) is 0 Å². The van der Waals surface area contributed by atoms with E-state index in [4.69, 9.17) is 34.8 Å². The highest BCUT2D eigenvalue weighted by atomic mass is 35.5. The van der Waals surface area contributed by atoms with Crippen molar-refractivity contribution < 1.29 is 0 Å². The van der Waals surface area contributed by atoms with Crippen molar-refractivity contribution in [1.29, 1.82) is 0 Å². The third kappa shape index (κ3) is 4.60. The highest BCUT2D eigenvalue weighted by Gasteiger charge is 2.01. The van der Waals surface area contributed by atoms with Gasteiger partial charge < -0.3 is 4.90 Å². The lowest BCUT2D eigenvalue weighted by molar-refractivity contribution is 0.359. The number of nitrogens with zero attached hydrogens (tertiary/aromatic N) is 1. The third-order valence-corrected chi connectivity index (χ3v) is 3.14. The Bertz CT molecular complexity index is 315. The number of benzene rings is 1. The predicted molar refractivity (Wildman–Crippen MR) is 68.4 cm³/mol. The second-order valence-corrected chi connectivity index (χ2v) is 4.68. The van der Waals surface area contributed by atoms with Crippen LogP contribution < -0.4 is 0 Å². The van der Waals surface area contributed by atoms with Gasteiger partial charge in [0.2, 0.25) is 0 Å². The first-order chi connectivity index (χ1) is 7.13. The number of rotatable bonds is 5. The van der Waals surface area contributed by atoms with E-state index in [-0.39, 0.29) is 0 Å². The van der Waals surface area contributed by atoms with Crippen molar-refractivity contribution in [3.05, 3.63) is 33.8 Å². The Morgan fingerprint density at radius 1 is 1.13 bits per heavy atom. The van der Waals surface area contributed by atoms with Gasteiger partial charge in [0, 0.05) is 19.0 Å². The highest BCUT2D eigenvalue weighted by molar-refractivity contribution is 6.42. The van der Waals surface area contributed by atoms with Crippen molar-refractivity contribution in [2.24, 2.45) is 0 Å². The summed E-state index contributed by atoms with van der Waals surface area (Å²) in [5.74, 6) is 0.665. The molecule has 0 spiro atoms. The van der Waals surface area contributed by atoms with E-state index in [1.807, 2.05) is 18.2 Å². The molecule has 0 unspecified atom stereocenters. The Morgan fingerprint density at radius 2 is 1.87 bits per heavy atom. The van der Waals surface area contributed by atoms with Crippen LogP contribution >= 0.6 is 34.8 Å². The molecular weight excluding hydrogens is 252 g/mol. The van der Waals surface area contributed by atoms with E-state index in [2.05, 4.69) is 11.9 Å². The number of hydrogen-bond acceptors (Lipinski definition) is 1. The fraction of sp³-hybridized carbons (Fsp3) is 0.455. The fourth-order valence-electron chi connectivity index (χ4n) is 1.27. The van der Waals surface area contributed by atoms with Crippen LogP contribution in [0.2, 0.25) is 10.0 Å². The van der Waals surface area contributed by atoms with E-state index in [9.17, 15) is 0 Å². The Morgan fingerprint density at radius 3 is 2.47 bits per heavy atom. The zero-order valence-electron chi connectivity index (χ0n) is 8.64. The molecule has 0 bridgehead atoms. The SMILES string of the molecule is CN(CCCl)CCc1ccc(Cl)c(Cl)c1. The van der Waals surface area contributed by atoms with Gasteiger partial charge in [-0.05, 0) is 31.2 Å². The average molecular weight is 267 g/mol. The summed E-state index contributed by atoms with van der Waals surface area (Å²) in [7, 11) is 2.06. The second-order valence-electron chi connectivity index (χ2n) is 3.49. The van der Waals surface area contributed by atoms with Crippen molar-refractivity contribution in [2.45, 2.75) is 6.42 Å². The molecule has 0 aliphatic rings. The lowest BCUT2D eigenvalue weighted by Crippen LogP contribution is -2.23. The molecule has 0 atom stereocenters. The van der Waals surface area contributed by atoms with Gasteiger partial charge in [-0.1, -0.05) is 29.3 Å². The Labute approximate surface area is 106 Å². The van der Waals surface area contributed by atoms with Crippen LogP contribution in [0.4, 0.5) is 0 Å². The largest absolute Gasteiger partial charge is 0.305 e. The molecule has 1 aromatic rings. The first kappa shape index (κ1) is 13.1. The van der Waals surface area contributed by atoms with Gasteiger partial charge in [0.05, 0.1) is 10.0 Å². The van der Waals surface area contributed by atoms with E-state index in [0.29, 0.717) is 15.9 Å². The summed E-state index contributed by atoms with van der Waals surface area (Å²) in [6.07, 6.45) is 0.963. The molecule has 84 valence electrons. The van der Waals surface area contributed by atoms with Gasteiger partial charge in [-0.15, -0.1) is 11.6 Å². The van der Waals surface area contributed by atoms with Crippen molar-refractivity contribution in [3.63, 3.8) is 0 Å². The summed E-state index contributed by atoms with van der Waals surface area (Å²) in [6.45, 7) is 1.88. The summed E-state index contributed by atoms with van der Waals surface area (Å²) in [6, 6.07) is 5.75. The monoisotopic (exact) mass is 265 g/mol. The lowest BCUT2D eigenvalue weighted by Gasteiger charge is -2.14. The molecule has 0 saturated carbocycles. The molecule has 0 N–H and O–H groups in total. The van der Waals surface area contributed by atoms with Crippen LogP contribution in [0.25, 0.3) is 0 Å². The molecular formula is C11H14Cl3N. The summed E-state index contributed by atoms with van der Waals surface area (Å²) < 4.78 is 0. The zero-order chi connectivity index (χ0) is 11.3. The van der Waals surface area contributed by atoms with E-state index in [1.54, 1.807) is 0 Å². The minimum atomic E-state index is 0.606. The van der Waals surface area contributed by atoms with Crippen molar-refractivity contribution in [2.75, 3.05) is 26.0 Å². The topological polar surface area (TPSA) is 3.24 Å². The van der Waals surface area contributed by atoms with Crippen LogP contribution in [0.5, 0.6) is 0 Å². The number of halogens is 3. The fourth-order valence-corrected chi connectivity index (χ4v) is 1.88. The molecule has 0 aliphatic carbocycles. The first-order valence-electron chi connectivity index (χ1n) is 4.82. The van der Waals surface area contributed by atoms with Gasteiger partial charge in [0.25, 0.3) is 0 Å². The molecule has 1 rings (SSSR count). The Hall–Kier alpha value is 0.0500. The third-order valence-electron chi connectivity index (χ3n) is 2.23. The van der Waals surface area contributed by atoms with Gasteiger partial charge in [0.1, 0.15) is 0 Å².